The summed E-state index contributed by atoms with van der Waals surface area (Å²) in [7, 11) is 0. The third-order valence-electron chi connectivity index (χ3n) is 3.38. The number of rotatable bonds is 3. The fourth-order valence-corrected chi connectivity index (χ4v) is 3.55. The molecule has 1 aliphatic heterocycles. The summed E-state index contributed by atoms with van der Waals surface area (Å²) >= 11 is 5.00. The van der Waals surface area contributed by atoms with Crippen molar-refractivity contribution in [3.63, 3.8) is 0 Å². The lowest BCUT2D eigenvalue weighted by Gasteiger charge is -2.29. The molecule has 1 fully saturated rings. The van der Waals surface area contributed by atoms with E-state index >= 15 is 0 Å². The molecule has 1 aromatic heterocycles. The maximum Gasteiger partial charge on any atom is 0.244 e. The number of hydrogen-bond donors (Lipinski definition) is 1. The summed E-state index contributed by atoms with van der Waals surface area (Å²) in [5.74, 6) is 0.0961. The number of aromatic nitrogens is 1. The largest absolute Gasteiger partial charge is 0.378 e. The number of ether oxygens (including phenoxy) is 1. The number of amides is 1. The van der Waals surface area contributed by atoms with E-state index in [1.807, 2.05) is 30.0 Å². The minimum absolute atomic E-state index is 0.0961. The molecule has 2 heterocycles. The average molecular weight is 370 g/mol. The van der Waals surface area contributed by atoms with Gasteiger partial charge < -0.3 is 15.0 Å². The lowest BCUT2D eigenvalue weighted by molar-refractivity contribution is -0.135. The van der Waals surface area contributed by atoms with Crippen molar-refractivity contribution in [1.82, 2.24) is 9.88 Å². The number of anilines is 1. The highest BCUT2D eigenvalue weighted by Crippen LogP contribution is 2.28. The SMILES string of the molecule is CC(Nc1nc2cc(Br)ccc2s1)C(=O)N1CCOCC1. The van der Waals surface area contributed by atoms with Gasteiger partial charge in [0.2, 0.25) is 5.91 Å². The standard InChI is InChI=1S/C14H16BrN3O2S/c1-9(13(19)18-4-6-20-7-5-18)16-14-17-11-8-10(15)2-3-12(11)21-14/h2-3,8-9H,4-7H2,1H3,(H,16,17). The van der Waals surface area contributed by atoms with E-state index in [9.17, 15) is 4.79 Å². The zero-order chi connectivity index (χ0) is 14.8. The molecule has 1 aliphatic rings. The molecule has 2 aromatic rings. The van der Waals surface area contributed by atoms with Gasteiger partial charge in [0.05, 0.1) is 23.4 Å². The Morgan fingerprint density at radius 1 is 1.48 bits per heavy atom. The highest BCUT2D eigenvalue weighted by Gasteiger charge is 2.23. The normalized spacial score (nSPS) is 17.0. The van der Waals surface area contributed by atoms with E-state index in [0.717, 1.165) is 19.8 Å². The number of thiazole rings is 1. The van der Waals surface area contributed by atoms with Gasteiger partial charge in [0.15, 0.2) is 5.13 Å². The topological polar surface area (TPSA) is 54.5 Å². The van der Waals surface area contributed by atoms with Crippen LogP contribution in [-0.2, 0) is 9.53 Å². The maximum absolute atomic E-state index is 12.3. The van der Waals surface area contributed by atoms with Crippen molar-refractivity contribution in [2.24, 2.45) is 0 Å². The summed E-state index contributed by atoms with van der Waals surface area (Å²) < 4.78 is 7.38. The van der Waals surface area contributed by atoms with Gasteiger partial charge in [-0.25, -0.2) is 4.98 Å². The Balaban J connectivity index is 1.70. The summed E-state index contributed by atoms with van der Waals surface area (Å²) in [5.41, 5.74) is 0.933. The highest BCUT2D eigenvalue weighted by atomic mass is 79.9. The molecule has 21 heavy (non-hydrogen) atoms. The van der Waals surface area contributed by atoms with Crippen molar-refractivity contribution < 1.29 is 9.53 Å². The van der Waals surface area contributed by atoms with Gasteiger partial charge in [-0.15, -0.1) is 0 Å². The fraction of sp³-hybridized carbons (Fsp3) is 0.429. The summed E-state index contributed by atoms with van der Waals surface area (Å²) in [6, 6.07) is 5.71. The Hall–Kier alpha value is -1.18. The second kappa shape index (κ2) is 6.29. The van der Waals surface area contributed by atoms with Crippen LogP contribution in [0.5, 0.6) is 0 Å². The van der Waals surface area contributed by atoms with Gasteiger partial charge in [-0.1, -0.05) is 27.3 Å². The molecule has 5 nitrogen and oxygen atoms in total. The molecule has 1 saturated heterocycles. The molecule has 1 amide bonds. The van der Waals surface area contributed by atoms with Gasteiger partial charge in [0, 0.05) is 17.6 Å². The van der Waals surface area contributed by atoms with Crippen LogP contribution in [-0.4, -0.2) is 48.1 Å². The van der Waals surface area contributed by atoms with E-state index in [1.54, 1.807) is 11.3 Å². The van der Waals surface area contributed by atoms with Crippen LogP contribution in [0.15, 0.2) is 22.7 Å². The molecule has 0 saturated carbocycles. The zero-order valence-electron chi connectivity index (χ0n) is 11.6. The molecule has 1 aromatic carbocycles. The molecule has 1 N–H and O–H groups in total. The highest BCUT2D eigenvalue weighted by molar-refractivity contribution is 9.10. The third kappa shape index (κ3) is 3.36. The first-order valence-electron chi connectivity index (χ1n) is 6.82. The molecule has 1 unspecified atom stereocenters. The predicted octanol–water partition coefficient (Wildman–Crippen LogP) is 2.72. The molecule has 3 rings (SSSR count). The van der Waals surface area contributed by atoms with Crippen LogP contribution >= 0.6 is 27.3 Å². The molecule has 1 atom stereocenters. The predicted molar refractivity (Wildman–Crippen MR) is 87.8 cm³/mol. The third-order valence-corrected chi connectivity index (χ3v) is 4.84. The van der Waals surface area contributed by atoms with Gasteiger partial charge in [0.1, 0.15) is 6.04 Å². The molecule has 112 valence electrons. The van der Waals surface area contributed by atoms with Crippen LogP contribution in [0.25, 0.3) is 10.2 Å². The van der Waals surface area contributed by atoms with Crippen LogP contribution in [0.1, 0.15) is 6.92 Å². The molecule has 0 radical (unpaired) electrons. The minimum atomic E-state index is -0.285. The number of halogens is 1. The fourth-order valence-electron chi connectivity index (χ4n) is 2.27. The number of morpholine rings is 1. The summed E-state index contributed by atoms with van der Waals surface area (Å²) in [5, 5.41) is 3.98. The van der Waals surface area contributed by atoms with E-state index < -0.39 is 0 Å². The van der Waals surface area contributed by atoms with Gasteiger partial charge in [0.25, 0.3) is 0 Å². The lowest BCUT2D eigenvalue weighted by Crippen LogP contribution is -2.46. The number of nitrogens with one attached hydrogen (secondary N) is 1. The molecule has 7 heteroatoms. The number of fused-ring (bicyclic) bond motifs is 1. The van der Waals surface area contributed by atoms with Crippen LogP contribution in [0.2, 0.25) is 0 Å². The maximum atomic E-state index is 12.3. The van der Waals surface area contributed by atoms with Crippen molar-refractivity contribution in [3.05, 3.63) is 22.7 Å². The van der Waals surface area contributed by atoms with Crippen LogP contribution in [0, 0.1) is 0 Å². The first kappa shape index (κ1) is 14.7. The van der Waals surface area contributed by atoms with E-state index in [2.05, 4.69) is 26.2 Å². The molecule has 0 aliphatic carbocycles. The van der Waals surface area contributed by atoms with Crippen molar-refractivity contribution in [2.75, 3.05) is 31.6 Å². The Bertz CT molecular complexity index is 655. The van der Waals surface area contributed by atoms with Gasteiger partial charge in [-0.3, -0.25) is 4.79 Å². The first-order chi connectivity index (χ1) is 10.1. The van der Waals surface area contributed by atoms with Gasteiger partial charge >= 0.3 is 0 Å². The van der Waals surface area contributed by atoms with Crippen molar-refractivity contribution in [1.29, 1.82) is 0 Å². The van der Waals surface area contributed by atoms with Gasteiger partial charge in [-0.05, 0) is 25.1 Å². The summed E-state index contributed by atoms with van der Waals surface area (Å²) in [6.07, 6.45) is 0. The second-order valence-electron chi connectivity index (χ2n) is 4.93. The molecule has 0 spiro atoms. The van der Waals surface area contributed by atoms with Crippen molar-refractivity contribution >= 4 is 48.5 Å². The van der Waals surface area contributed by atoms with E-state index in [-0.39, 0.29) is 11.9 Å². The summed E-state index contributed by atoms with van der Waals surface area (Å²) in [6.45, 7) is 4.44. The smallest absolute Gasteiger partial charge is 0.244 e. The van der Waals surface area contributed by atoms with E-state index in [0.29, 0.717) is 26.3 Å². The monoisotopic (exact) mass is 369 g/mol. The van der Waals surface area contributed by atoms with E-state index in [1.165, 1.54) is 0 Å². The lowest BCUT2D eigenvalue weighted by atomic mass is 10.2. The Morgan fingerprint density at radius 3 is 3.00 bits per heavy atom. The Morgan fingerprint density at radius 2 is 2.24 bits per heavy atom. The number of hydrogen-bond acceptors (Lipinski definition) is 5. The van der Waals surface area contributed by atoms with Crippen LogP contribution in [0.3, 0.4) is 0 Å². The average Bonchev–Trinajstić information content (AvgIpc) is 2.88. The van der Waals surface area contributed by atoms with Gasteiger partial charge in [-0.2, -0.15) is 0 Å². The van der Waals surface area contributed by atoms with Crippen LogP contribution < -0.4 is 5.32 Å². The minimum Gasteiger partial charge on any atom is -0.378 e. The number of benzene rings is 1. The molecule has 0 bridgehead atoms. The Kier molecular flexibility index (Phi) is 4.42. The molecular formula is C14H16BrN3O2S. The zero-order valence-corrected chi connectivity index (χ0v) is 14.0. The second-order valence-corrected chi connectivity index (χ2v) is 6.88. The quantitative estimate of drug-likeness (QED) is 0.903. The Labute approximate surface area is 135 Å². The number of carbonyl (C=O) groups excluding carboxylic acids is 1. The van der Waals surface area contributed by atoms with Crippen molar-refractivity contribution in [3.8, 4) is 0 Å². The number of carbonyl (C=O) groups is 1. The first-order valence-corrected chi connectivity index (χ1v) is 8.43. The van der Waals surface area contributed by atoms with Crippen LogP contribution in [0.4, 0.5) is 5.13 Å². The number of nitrogens with zero attached hydrogens (tertiary/aromatic N) is 2. The van der Waals surface area contributed by atoms with Crippen molar-refractivity contribution in [2.45, 2.75) is 13.0 Å². The summed E-state index contributed by atoms with van der Waals surface area (Å²) in [4.78, 5) is 18.7. The molecular weight excluding hydrogens is 354 g/mol. The van der Waals surface area contributed by atoms with E-state index in [4.69, 9.17) is 4.74 Å².